The topological polar surface area (TPSA) is 58.2 Å². The molecule has 0 bridgehead atoms. The van der Waals surface area contributed by atoms with Crippen molar-refractivity contribution in [1.82, 2.24) is 0 Å². The third-order valence-corrected chi connectivity index (χ3v) is 4.92. The minimum Gasteiger partial charge on any atom is -0.326 e. The quantitative estimate of drug-likeness (QED) is 0.790. The summed E-state index contributed by atoms with van der Waals surface area (Å²) in [5, 5.41) is 5.81. The van der Waals surface area contributed by atoms with Crippen LogP contribution in [0.25, 0.3) is 0 Å². The Bertz CT molecular complexity index is 755. The minimum atomic E-state index is -0.193. The van der Waals surface area contributed by atoms with Gasteiger partial charge in [-0.05, 0) is 59.1 Å². The lowest BCUT2D eigenvalue weighted by Crippen LogP contribution is -2.20. The zero-order valence-electron chi connectivity index (χ0n) is 13.2. The van der Waals surface area contributed by atoms with Gasteiger partial charge in [0.25, 0.3) is 5.91 Å². The van der Waals surface area contributed by atoms with Crippen LogP contribution in [0, 0.1) is 5.92 Å². The maximum absolute atomic E-state index is 12.3. The zero-order chi connectivity index (χ0) is 16.9. The second-order valence-corrected chi connectivity index (χ2v) is 6.84. The van der Waals surface area contributed by atoms with Gasteiger partial charge in [-0.25, -0.2) is 0 Å². The van der Waals surface area contributed by atoms with Crippen LogP contribution in [-0.4, -0.2) is 11.8 Å². The third-order valence-electron chi connectivity index (χ3n) is 4.23. The van der Waals surface area contributed by atoms with Gasteiger partial charge in [0.1, 0.15) is 0 Å². The van der Waals surface area contributed by atoms with Crippen molar-refractivity contribution in [3.8, 4) is 0 Å². The summed E-state index contributed by atoms with van der Waals surface area (Å²) in [6, 6.07) is 14.5. The summed E-state index contributed by atoms with van der Waals surface area (Å²) >= 11 is 3.38. The van der Waals surface area contributed by atoms with Crippen LogP contribution in [0.2, 0.25) is 0 Å². The van der Waals surface area contributed by atoms with E-state index in [2.05, 4.69) is 26.6 Å². The lowest BCUT2D eigenvalue weighted by Gasteiger charge is -2.12. The van der Waals surface area contributed by atoms with E-state index >= 15 is 0 Å². The van der Waals surface area contributed by atoms with Gasteiger partial charge >= 0.3 is 0 Å². The summed E-state index contributed by atoms with van der Waals surface area (Å²) in [6.07, 6.45) is 4.18. The predicted molar refractivity (Wildman–Crippen MR) is 99.1 cm³/mol. The first-order valence-corrected chi connectivity index (χ1v) is 8.89. The monoisotopic (exact) mass is 386 g/mol. The Kier molecular flexibility index (Phi) is 5.30. The first-order valence-electron chi connectivity index (χ1n) is 8.10. The summed E-state index contributed by atoms with van der Waals surface area (Å²) < 4.78 is 0.744. The highest BCUT2D eigenvalue weighted by Crippen LogP contribution is 2.26. The number of nitrogens with one attached hydrogen (secondary N) is 2. The number of hydrogen-bond acceptors (Lipinski definition) is 2. The predicted octanol–water partition coefficient (Wildman–Crippen LogP) is 4.83. The van der Waals surface area contributed by atoms with Gasteiger partial charge in [-0.1, -0.05) is 31.0 Å². The van der Waals surface area contributed by atoms with Crippen LogP contribution in [0.3, 0.4) is 0 Å². The van der Waals surface area contributed by atoms with Gasteiger partial charge in [0.05, 0.1) is 5.56 Å². The summed E-state index contributed by atoms with van der Waals surface area (Å²) in [4.78, 5) is 24.6. The van der Waals surface area contributed by atoms with E-state index in [4.69, 9.17) is 0 Å². The number of carbonyl (C=O) groups is 2. The molecular formula is C19H19BrN2O2. The molecule has 2 aromatic rings. The summed E-state index contributed by atoms with van der Waals surface area (Å²) in [5.74, 6) is -0.00736. The highest BCUT2D eigenvalue weighted by Gasteiger charge is 2.22. The molecule has 0 aromatic heterocycles. The van der Waals surface area contributed by atoms with Gasteiger partial charge in [-0.2, -0.15) is 0 Å². The van der Waals surface area contributed by atoms with Crippen LogP contribution in [0.1, 0.15) is 36.0 Å². The molecule has 1 saturated carbocycles. The normalized spacial score (nSPS) is 14.4. The smallest absolute Gasteiger partial charge is 0.256 e. The minimum absolute atomic E-state index is 0.0711. The highest BCUT2D eigenvalue weighted by atomic mass is 79.9. The fraction of sp³-hybridized carbons (Fsp3) is 0.263. The number of benzene rings is 2. The number of amides is 2. The van der Waals surface area contributed by atoms with Crippen LogP contribution in [0.15, 0.2) is 53.0 Å². The molecule has 2 amide bonds. The molecule has 0 heterocycles. The van der Waals surface area contributed by atoms with E-state index in [0.29, 0.717) is 16.9 Å². The van der Waals surface area contributed by atoms with E-state index in [-0.39, 0.29) is 17.7 Å². The Morgan fingerprint density at radius 3 is 2.29 bits per heavy atom. The van der Waals surface area contributed by atoms with Crippen molar-refractivity contribution in [2.24, 2.45) is 5.92 Å². The molecule has 1 fully saturated rings. The molecule has 5 heteroatoms. The van der Waals surface area contributed by atoms with Crippen molar-refractivity contribution in [1.29, 1.82) is 0 Å². The Morgan fingerprint density at radius 1 is 0.917 bits per heavy atom. The maximum Gasteiger partial charge on any atom is 0.256 e. The Balaban J connectivity index is 1.68. The van der Waals surface area contributed by atoms with Crippen molar-refractivity contribution >= 4 is 39.1 Å². The van der Waals surface area contributed by atoms with Gasteiger partial charge < -0.3 is 10.6 Å². The first-order chi connectivity index (χ1) is 11.6. The maximum atomic E-state index is 12.3. The van der Waals surface area contributed by atoms with Gasteiger partial charge in [0.15, 0.2) is 0 Å². The molecule has 1 aliphatic carbocycles. The molecule has 3 rings (SSSR count). The van der Waals surface area contributed by atoms with Crippen LogP contribution in [0.5, 0.6) is 0 Å². The lowest BCUT2D eigenvalue weighted by atomic mass is 10.1. The third kappa shape index (κ3) is 4.03. The van der Waals surface area contributed by atoms with E-state index in [1.807, 2.05) is 30.3 Å². The molecule has 24 heavy (non-hydrogen) atoms. The average molecular weight is 387 g/mol. The van der Waals surface area contributed by atoms with E-state index in [1.54, 1.807) is 18.2 Å². The van der Waals surface area contributed by atoms with Crippen molar-refractivity contribution in [2.45, 2.75) is 25.7 Å². The molecular weight excluding hydrogens is 368 g/mol. The van der Waals surface area contributed by atoms with Crippen molar-refractivity contribution in [3.63, 3.8) is 0 Å². The van der Waals surface area contributed by atoms with Crippen molar-refractivity contribution in [3.05, 3.63) is 58.6 Å². The fourth-order valence-electron chi connectivity index (χ4n) is 2.95. The molecule has 1 aliphatic rings. The number of hydrogen-bond donors (Lipinski definition) is 2. The van der Waals surface area contributed by atoms with Crippen LogP contribution < -0.4 is 10.6 Å². The Hall–Kier alpha value is -2.14. The molecule has 0 saturated heterocycles. The molecule has 0 atom stereocenters. The second-order valence-electron chi connectivity index (χ2n) is 5.99. The van der Waals surface area contributed by atoms with E-state index in [9.17, 15) is 9.59 Å². The molecule has 2 aromatic carbocycles. The molecule has 0 spiro atoms. The SMILES string of the molecule is O=C(Nc1cccc(NC(=O)C2CCCC2)c1)c1ccccc1Br. The second kappa shape index (κ2) is 7.62. The molecule has 2 N–H and O–H groups in total. The Morgan fingerprint density at radius 2 is 1.58 bits per heavy atom. The standard InChI is InChI=1S/C19H19BrN2O2/c20-17-11-4-3-10-16(17)19(24)22-15-9-5-8-14(12-15)21-18(23)13-6-1-2-7-13/h3-5,8-13H,1-2,6-7H2,(H,21,23)(H,22,24). The summed E-state index contributed by atoms with van der Waals surface area (Å²) in [6.45, 7) is 0. The molecule has 0 unspecified atom stereocenters. The van der Waals surface area contributed by atoms with Gasteiger partial charge in [0, 0.05) is 21.8 Å². The number of rotatable bonds is 4. The number of halogens is 1. The number of anilines is 2. The van der Waals surface area contributed by atoms with Crippen molar-refractivity contribution < 1.29 is 9.59 Å². The van der Waals surface area contributed by atoms with Crippen LogP contribution in [-0.2, 0) is 4.79 Å². The van der Waals surface area contributed by atoms with Gasteiger partial charge in [-0.15, -0.1) is 0 Å². The Labute approximate surface area is 149 Å². The highest BCUT2D eigenvalue weighted by molar-refractivity contribution is 9.10. The summed E-state index contributed by atoms with van der Waals surface area (Å²) in [7, 11) is 0. The fourth-order valence-corrected chi connectivity index (χ4v) is 3.42. The van der Waals surface area contributed by atoms with Gasteiger partial charge in [0.2, 0.25) is 5.91 Å². The lowest BCUT2D eigenvalue weighted by molar-refractivity contribution is -0.119. The van der Waals surface area contributed by atoms with Gasteiger partial charge in [-0.3, -0.25) is 9.59 Å². The first kappa shape index (κ1) is 16.7. The summed E-state index contributed by atoms with van der Waals surface area (Å²) in [5.41, 5.74) is 1.93. The van der Waals surface area contributed by atoms with Crippen LogP contribution in [0.4, 0.5) is 11.4 Å². The average Bonchev–Trinajstić information content (AvgIpc) is 3.10. The molecule has 124 valence electrons. The van der Waals surface area contributed by atoms with E-state index in [0.717, 1.165) is 30.2 Å². The van der Waals surface area contributed by atoms with Crippen molar-refractivity contribution in [2.75, 3.05) is 10.6 Å². The molecule has 0 radical (unpaired) electrons. The van der Waals surface area contributed by atoms with E-state index in [1.165, 1.54) is 0 Å². The largest absolute Gasteiger partial charge is 0.326 e. The zero-order valence-corrected chi connectivity index (χ0v) is 14.8. The molecule has 4 nitrogen and oxygen atoms in total. The van der Waals surface area contributed by atoms with Crippen LogP contribution >= 0.6 is 15.9 Å². The van der Waals surface area contributed by atoms with E-state index < -0.39 is 0 Å². The number of carbonyl (C=O) groups excluding carboxylic acids is 2. The molecule has 0 aliphatic heterocycles.